The number of fused-ring (bicyclic) bond motifs is 3. The van der Waals surface area contributed by atoms with Crippen molar-refractivity contribution in [2.45, 2.75) is 43.2 Å². The van der Waals surface area contributed by atoms with Gasteiger partial charge in [-0.2, -0.15) is 4.31 Å². The van der Waals surface area contributed by atoms with E-state index < -0.39 is 10.0 Å². The van der Waals surface area contributed by atoms with E-state index in [0.717, 1.165) is 29.7 Å². The number of methoxy groups -OCH3 is 1. The minimum Gasteiger partial charge on any atom is -0.495 e. The van der Waals surface area contributed by atoms with Crippen LogP contribution in [0.25, 0.3) is 0 Å². The molecule has 1 fully saturated rings. The quantitative estimate of drug-likeness (QED) is 0.697. The van der Waals surface area contributed by atoms with E-state index in [4.69, 9.17) is 4.74 Å². The molecular weight excluding hydrogens is 412 g/mol. The van der Waals surface area contributed by atoms with Crippen LogP contribution in [0.3, 0.4) is 0 Å². The van der Waals surface area contributed by atoms with E-state index in [1.807, 2.05) is 18.2 Å². The van der Waals surface area contributed by atoms with Gasteiger partial charge in [-0.05, 0) is 48.7 Å². The Morgan fingerprint density at radius 3 is 2.81 bits per heavy atom. The molecule has 0 aliphatic carbocycles. The van der Waals surface area contributed by atoms with Gasteiger partial charge in [-0.15, -0.1) is 0 Å². The molecule has 31 heavy (non-hydrogen) atoms. The monoisotopic (exact) mass is 440 g/mol. The van der Waals surface area contributed by atoms with Crippen LogP contribution in [0.1, 0.15) is 43.4 Å². The molecule has 1 saturated heterocycles. The van der Waals surface area contributed by atoms with Crippen LogP contribution in [0.4, 0.5) is 5.69 Å². The Labute approximate surface area is 184 Å². The average molecular weight is 441 g/mol. The Balaban J connectivity index is 1.80. The second kappa shape index (κ2) is 8.91. The molecule has 3 atom stereocenters. The Morgan fingerprint density at radius 1 is 1.26 bits per heavy atom. The van der Waals surface area contributed by atoms with Gasteiger partial charge in [0.1, 0.15) is 10.6 Å². The Kier molecular flexibility index (Phi) is 6.24. The van der Waals surface area contributed by atoms with Crippen molar-refractivity contribution in [1.29, 1.82) is 0 Å². The summed E-state index contributed by atoms with van der Waals surface area (Å²) in [5, 5.41) is 13.4. The average Bonchev–Trinajstić information content (AvgIpc) is 3.25. The van der Waals surface area contributed by atoms with E-state index in [1.54, 1.807) is 28.6 Å². The summed E-state index contributed by atoms with van der Waals surface area (Å²) in [5.74, 6) is 6.66. The van der Waals surface area contributed by atoms with E-state index in [1.165, 1.54) is 7.11 Å². The van der Waals surface area contributed by atoms with Crippen molar-refractivity contribution in [3.8, 4) is 17.6 Å². The van der Waals surface area contributed by atoms with Gasteiger partial charge in [0.2, 0.25) is 10.0 Å². The number of hydrogen-bond acceptors (Lipinski definition) is 5. The molecule has 0 unspecified atom stereocenters. The van der Waals surface area contributed by atoms with E-state index in [-0.39, 0.29) is 29.5 Å². The second-order valence-corrected chi connectivity index (χ2v) is 9.81. The Hall–Kier alpha value is -2.53. The lowest BCUT2D eigenvalue weighted by Crippen LogP contribution is -2.42. The van der Waals surface area contributed by atoms with Crippen LogP contribution < -0.4 is 10.1 Å². The number of unbranched alkanes of at least 4 members (excludes halogenated alkanes) is 1. The van der Waals surface area contributed by atoms with Crippen LogP contribution >= 0.6 is 0 Å². The zero-order chi connectivity index (χ0) is 22.0. The minimum absolute atomic E-state index is 0.0270. The predicted octanol–water partition coefficient (Wildman–Crippen LogP) is 3.39. The smallest absolute Gasteiger partial charge is 0.247 e. The van der Waals surface area contributed by atoms with Crippen LogP contribution in [-0.2, 0) is 10.0 Å². The molecule has 2 aliphatic heterocycles. The fraction of sp³-hybridized carbons (Fsp3) is 0.417. The molecule has 0 aromatic heterocycles. The number of ether oxygens (including phenoxy) is 1. The van der Waals surface area contributed by atoms with Crippen molar-refractivity contribution in [2.24, 2.45) is 5.92 Å². The highest BCUT2D eigenvalue weighted by Gasteiger charge is 2.49. The van der Waals surface area contributed by atoms with Crippen molar-refractivity contribution in [3.63, 3.8) is 0 Å². The SMILES string of the molecule is CCCC#Cc1ccc2c(c1)[C@@H]1[C@@H](CCN1S(=O)(=O)c1ccccc1OC)[C@@H](CO)N2. The third-order valence-electron chi connectivity index (χ3n) is 6.09. The van der Waals surface area contributed by atoms with Gasteiger partial charge in [0.05, 0.1) is 25.8 Å². The topological polar surface area (TPSA) is 78.9 Å². The van der Waals surface area contributed by atoms with Crippen LogP contribution in [0, 0.1) is 17.8 Å². The first-order chi connectivity index (χ1) is 15.0. The number of nitrogens with one attached hydrogen (secondary N) is 1. The molecule has 164 valence electrons. The predicted molar refractivity (Wildman–Crippen MR) is 120 cm³/mol. The van der Waals surface area contributed by atoms with Crippen LogP contribution in [0.5, 0.6) is 5.75 Å². The van der Waals surface area contributed by atoms with Crippen molar-refractivity contribution in [3.05, 3.63) is 53.6 Å². The molecule has 0 bridgehead atoms. The number of para-hydroxylation sites is 1. The summed E-state index contributed by atoms with van der Waals surface area (Å²) < 4.78 is 34.3. The highest BCUT2D eigenvalue weighted by molar-refractivity contribution is 7.89. The first-order valence-corrected chi connectivity index (χ1v) is 12.1. The fourth-order valence-corrected chi connectivity index (χ4v) is 6.44. The van der Waals surface area contributed by atoms with Gasteiger partial charge < -0.3 is 15.2 Å². The van der Waals surface area contributed by atoms with E-state index in [2.05, 4.69) is 24.1 Å². The summed E-state index contributed by atoms with van der Waals surface area (Å²) in [7, 11) is -2.32. The maximum Gasteiger partial charge on any atom is 0.247 e. The summed E-state index contributed by atoms with van der Waals surface area (Å²) in [5.41, 5.74) is 2.63. The van der Waals surface area contributed by atoms with Gasteiger partial charge in [-0.1, -0.05) is 30.9 Å². The zero-order valence-corrected chi connectivity index (χ0v) is 18.7. The molecule has 6 nitrogen and oxygen atoms in total. The second-order valence-electron chi connectivity index (χ2n) is 7.95. The summed E-state index contributed by atoms with van der Waals surface area (Å²) >= 11 is 0. The molecule has 0 amide bonds. The number of sulfonamides is 1. The number of nitrogens with zero attached hydrogens (tertiary/aromatic N) is 1. The lowest BCUT2D eigenvalue weighted by Gasteiger charge is -2.38. The molecule has 0 saturated carbocycles. The molecule has 0 spiro atoms. The van der Waals surface area contributed by atoms with Crippen molar-refractivity contribution >= 4 is 15.7 Å². The molecule has 7 heteroatoms. The molecule has 2 N–H and O–H groups in total. The van der Waals surface area contributed by atoms with Crippen LogP contribution in [0.2, 0.25) is 0 Å². The van der Waals surface area contributed by atoms with Gasteiger partial charge in [0.15, 0.2) is 0 Å². The minimum atomic E-state index is -3.80. The van der Waals surface area contributed by atoms with Crippen molar-refractivity contribution in [1.82, 2.24) is 4.31 Å². The van der Waals surface area contributed by atoms with Crippen LogP contribution in [0.15, 0.2) is 47.4 Å². The summed E-state index contributed by atoms with van der Waals surface area (Å²) in [6.07, 6.45) is 2.48. The molecule has 2 aliphatic rings. The Bertz CT molecular complexity index is 1120. The number of aliphatic hydroxyl groups is 1. The van der Waals surface area contributed by atoms with E-state index >= 15 is 0 Å². The maximum absolute atomic E-state index is 13.7. The molecule has 0 radical (unpaired) electrons. The fourth-order valence-electron chi connectivity index (χ4n) is 4.62. The summed E-state index contributed by atoms with van der Waals surface area (Å²) in [4.78, 5) is 0.165. The summed E-state index contributed by atoms with van der Waals surface area (Å²) in [6, 6.07) is 12.0. The highest BCUT2D eigenvalue weighted by atomic mass is 32.2. The first-order valence-electron chi connectivity index (χ1n) is 10.7. The number of hydrogen-bond donors (Lipinski definition) is 2. The van der Waals surface area contributed by atoms with Crippen LogP contribution in [-0.4, -0.2) is 44.1 Å². The maximum atomic E-state index is 13.7. The normalized spacial score (nSPS) is 22.6. The zero-order valence-electron chi connectivity index (χ0n) is 17.8. The molecule has 4 rings (SSSR count). The van der Waals surface area contributed by atoms with Gasteiger partial charge in [-0.25, -0.2) is 8.42 Å². The van der Waals surface area contributed by atoms with Crippen molar-refractivity contribution in [2.75, 3.05) is 25.6 Å². The number of rotatable bonds is 5. The van der Waals surface area contributed by atoms with Crippen molar-refractivity contribution < 1.29 is 18.3 Å². The van der Waals surface area contributed by atoms with Gasteiger partial charge >= 0.3 is 0 Å². The third-order valence-corrected chi connectivity index (χ3v) is 8.01. The lowest BCUT2D eigenvalue weighted by molar-refractivity contribution is 0.210. The molecule has 2 heterocycles. The van der Waals surface area contributed by atoms with Gasteiger partial charge in [0.25, 0.3) is 0 Å². The van der Waals surface area contributed by atoms with Gasteiger partial charge in [0, 0.05) is 30.1 Å². The van der Waals surface area contributed by atoms with E-state index in [0.29, 0.717) is 18.7 Å². The highest BCUT2D eigenvalue weighted by Crippen LogP contribution is 2.49. The van der Waals surface area contributed by atoms with Gasteiger partial charge in [-0.3, -0.25) is 0 Å². The number of aliphatic hydroxyl groups excluding tert-OH is 1. The number of benzene rings is 2. The third kappa shape index (κ3) is 3.91. The molecular formula is C24H28N2O4S. The molecule has 2 aromatic carbocycles. The first kappa shape index (κ1) is 21.7. The largest absolute Gasteiger partial charge is 0.495 e. The molecule has 2 aromatic rings. The van der Waals surface area contributed by atoms with E-state index in [9.17, 15) is 13.5 Å². The lowest BCUT2D eigenvalue weighted by atomic mass is 9.83. The summed E-state index contributed by atoms with van der Waals surface area (Å²) in [6.45, 7) is 2.42. The number of anilines is 1. The Morgan fingerprint density at radius 2 is 2.06 bits per heavy atom. The standard InChI is InChI=1S/C24H28N2O4S/c1-3-4-5-8-17-11-12-20-19(15-17)24-18(21(16-27)25-20)13-14-26(24)31(28,29)23-10-7-6-9-22(23)30-2/h6-7,9-12,15,18,21,24-25,27H,3-4,13-14,16H2,1-2H3/t18-,21+,24-/m0/s1.